The van der Waals surface area contributed by atoms with Crippen LogP contribution in [0.4, 0.5) is 0 Å². The Morgan fingerprint density at radius 2 is 1.34 bits per heavy atom. The molecule has 0 amide bonds. The van der Waals surface area contributed by atoms with Gasteiger partial charge in [0, 0.05) is 26.2 Å². The number of hydrogen-bond acceptors (Lipinski definition) is 3. The quantitative estimate of drug-likeness (QED) is 0.241. The first-order chi connectivity index (χ1) is 20.1. The van der Waals surface area contributed by atoms with Gasteiger partial charge in [0.1, 0.15) is 5.75 Å². The van der Waals surface area contributed by atoms with Gasteiger partial charge in [0.15, 0.2) is 0 Å². The lowest BCUT2D eigenvalue weighted by atomic mass is 9.96. The number of nitrogens with zero attached hydrogens (tertiary/aromatic N) is 1. The van der Waals surface area contributed by atoms with Crippen LogP contribution in [0.25, 0.3) is 32.7 Å². The Bertz CT molecular complexity index is 1720. The Morgan fingerprint density at radius 1 is 0.683 bits per heavy atom. The maximum absolute atomic E-state index is 9.58. The van der Waals surface area contributed by atoms with Gasteiger partial charge in [-0.15, -0.1) is 0 Å². The summed E-state index contributed by atoms with van der Waals surface area (Å²) in [7, 11) is 0. The molecule has 2 aliphatic rings. The topological polar surface area (TPSA) is 35.5 Å². The van der Waals surface area contributed by atoms with E-state index in [4.69, 9.17) is 0 Å². The van der Waals surface area contributed by atoms with Gasteiger partial charge in [0.05, 0.1) is 0 Å². The molecule has 5 aromatic rings. The molecule has 7 rings (SSSR count). The van der Waals surface area contributed by atoms with Crippen molar-refractivity contribution in [1.82, 2.24) is 10.2 Å². The van der Waals surface area contributed by atoms with Crippen LogP contribution in [0.2, 0.25) is 0 Å². The SMILES string of the molecule is Cc1ccc2cc(C3=CCNCC3)ccc2c1.Oc1ccc2cc(C3=CCN(Cc4ccccc4)CC3)ccc2c1. The average Bonchev–Trinajstić information content (AvgIpc) is 3.02. The molecule has 0 aromatic heterocycles. The van der Waals surface area contributed by atoms with Crippen molar-refractivity contribution in [3.05, 3.63) is 138 Å². The smallest absolute Gasteiger partial charge is 0.116 e. The summed E-state index contributed by atoms with van der Waals surface area (Å²) in [5, 5.41) is 17.9. The number of aromatic hydroxyl groups is 1. The Morgan fingerprint density at radius 3 is 2.02 bits per heavy atom. The van der Waals surface area contributed by atoms with E-state index in [1.165, 1.54) is 49.6 Å². The van der Waals surface area contributed by atoms with Gasteiger partial charge in [-0.05, 0) is 100.0 Å². The second-order valence-electron chi connectivity index (χ2n) is 11.2. The highest BCUT2D eigenvalue weighted by molar-refractivity contribution is 5.88. The third-order valence-corrected chi connectivity index (χ3v) is 8.17. The van der Waals surface area contributed by atoms with Gasteiger partial charge in [0.25, 0.3) is 0 Å². The molecule has 5 aromatic carbocycles. The highest BCUT2D eigenvalue weighted by atomic mass is 16.3. The zero-order valence-electron chi connectivity index (χ0n) is 23.8. The summed E-state index contributed by atoms with van der Waals surface area (Å²) in [6.07, 6.45) is 6.88. The summed E-state index contributed by atoms with van der Waals surface area (Å²) in [6.45, 7) is 7.34. The number of benzene rings is 5. The maximum atomic E-state index is 9.58. The number of fused-ring (bicyclic) bond motifs is 2. The average molecular weight is 539 g/mol. The number of nitrogens with one attached hydrogen (secondary N) is 1. The molecule has 0 radical (unpaired) electrons. The first-order valence-electron chi connectivity index (χ1n) is 14.7. The van der Waals surface area contributed by atoms with E-state index >= 15 is 0 Å². The summed E-state index contributed by atoms with van der Waals surface area (Å²) in [4.78, 5) is 2.48. The van der Waals surface area contributed by atoms with Crippen LogP contribution in [0, 0.1) is 6.92 Å². The molecule has 206 valence electrons. The zero-order chi connectivity index (χ0) is 28.0. The molecule has 2 heterocycles. The summed E-state index contributed by atoms with van der Waals surface area (Å²) in [5.74, 6) is 0.323. The standard InChI is InChI=1S/C22H21NO.C16H17N/c24-22-9-8-20-14-19(6-7-21(20)15-22)18-10-12-23(13-11-18)16-17-4-2-1-3-5-17;1-12-2-3-16-11-15(5-4-14(16)10-12)13-6-8-17-9-7-13/h1-10,14-15,24H,11-13,16H2;2-6,10-11,17H,7-9H2,1H3. The lowest BCUT2D eigenvalue weighted by Gasteiger charge is -2.26. The molecule has 3 heteroatoms. The van der Waals surface area contributed by atoms with Gasteiger partial charge in [-0.25, -0.2) is 0 Å². The molecular weight excluding hydrogens is 500 g/mol. The third kappa shape index (κ3) is 6.77. The van der Waals surface area contributed by atoms with E-state index in [0.717, 1.165) is 51.0 Å². The minimum absolute atomic E-state index is 0.323. The van der Waals surface area contributed by atoms with Gasteiger partial charge in [-0.2, -0.15) is 0 Å². The van der Waals surface area contributed by atoms with E-state index in [1.54, 1.807) is 6.07 Å². The van der Waals surface area contributed by atoms with Gasteiger partial charge < -0.3 is 10.4 Å². The van der Waals surface area contributed by atoms with E-state index in [9.17, 15) is 5.11 Å². The van der Waals surface area contributed by atoms with Crippen LogP contribution >= 0.6 is 0 Å². The lowest BCUT2D eigenvalue weighted by molar-refractivity contribution is 0.294. The van der Waals surface area contributed by atoms with E-state index in [-0.39, 0.29) is 0 Å². The van der Waals surface area contributed by atoms with Gasteiger partial charge >= 0.3 is 0 Å². The molecule has 0 aliphatic carbocycles. The third-order valence-electron chi connectivity index (χ3n) is 8.17. The molecular formula is C38H38N2O. The lowest BCUT2D eigenvalue weighted by Crippen LogP contribution is -2.27. The van der Waals surface area contributed by atoms with Crippen molar-refractivity contribution in [2.75, 3.05) is 26.2 Å². The monoisotopic (exact) mass is 538 g/mol. The second kappa shape index (κ2) is 12.6. The largest absolute Gasteiger partial charge is 0.508 e. The molecule has 0 unspecified atom stereocenters. The zero-order valence-corrected chi connectivity index (χ0v) is 23.8. The molecule has 41 heavy (non-hydrogen) atoms. The summed E-state index contributed by atoms with van der Waals surface area (Å²) in [5.41, 5.74) is 8.28. The van der Waals surface area contributed by atoms with E-state index in [0.29, 0.717) is 5.75 Å². The number of aryl methyl sites for hydroxylation is 1. The van der Waals surface area contributed by atoms with Crippen LogP contribution in [0.3, 0.4) is 0 Å². The minimum atomic E-state index is 0.323. The highest BCUT2D eigenvalue weighted by Crippen LogP contribution is 2.28. The highest BCUT2D eigenvalue weighted by Gasteiger charge is 2.13. The molecule has 0 saturated carbocycles. The molecule has 0 saturated heterocycles. The van der Waals surface area contributed by atoms with Crippen molar-refractivity contribution < 1.29 is 5.11 Å². The van der Waals surface area contributed by atoms with E-state index in [1.807, 2.05) is 12.1 Å². The fourth-order valence-electron chi connectivity index (χ4n) is 5.84. The van der Waals surface area contributed by atoms with Crippen molar-refractivity contribution in [3.8, 4) is 5.75 Å². The maximum Gasteiger partial charge on any atom is 0.116 e. The van der Waals surface area contributed by atoms with Crippen LogP contribution in [0.5, 0.6) is 5.75 Å². The van der Waals surface area contributed by atoms with Crippen LogP contribution in [0.15, 0.2) is 115 Å². The summed E-state index contributed by atoms with van der Waals surface area (Å²) >= 11 is 0. The fraction of sp³-hybridized carbons (Fsp3) is 0.211. The number of hydrogen-bond donors (Lipinski definition) is 2. The van der Waals surface area contributed by atoms with E-state index in [2.05, 4.69) is 114 Å². The Hall–Kier alpha value is -4.18. The first-order valence-corrected chi connectivity index (χ1v) is 14.7. The molecule has 0 bridgehead atoms. The molecule has 0 fully saturated rings. The summed E-state index contributed by atoms with van der Waals surface area (Å²) in [6, 6.07) is 36.2. The predicted molar refractivity (Wildman–Crippen MR) is 174 cm³/mol. The van der Waals surface area contributed by atoms with E-state index < -0.39 is 0 Å². The molecule has 0 spiro atoms. The van der Waals surface area contributed by atoms with Crippen LogP contribution in [-0.4, -0.2) is 36.2 Å². The van der Waals surface area contributed by atoms with Gasteiger partial charge in [-0.1, -0.05) is 96.6 Å². The van der Waals surface area contributed by atoms with Crippen molar-refractivity contribution >= 4 is 32.7 Å². The summed E-state index contributed by atoms with van der Waals surface area (Å²) < 4.78 is 0. The molecule has 2 N–H and O–H groups in total. The van der Waals surface area contributed by atoms with Crippen molar-refractivity contribution in [2.45, 2.75) is 26.3 Å². The van der Waals surface area contributed by atoms with Crippen molar-refractivity contribution in [2.24, 2.45) is 0 Å². The number of rotatable bonds is 4. The second-order valence-corrected chi connectivity index (χ2v) is 11.2. The Labute approximate surface area is 243 Å². The minimum Gasteiger partial charge on any atom is -0.508 e. The van der Waals surface area contributed by atoms with Crippen LogP contribution < -0.4 is 5.32 Å². The fourth-order valence-corrected chi connectivity index (χ4v) is 5.84. The normalized spacial score (nSPS) is 15.6. The first kappa shape index (κ1) is 27.0. The Balaban J connectivity index is 0.000000156. The molecule has 3 nitrogen and oxygen atoms in total. The number of phenols is 1. The molecule has 0 atom stereocenters. The van der Waals surface area contributed by atoms with Crippen molar-refractivity contribution in [3.63, 3.8) is 0 Å². The Kier molecular flexibility index (Phi) is 8.27. The van der Waals surface area contributed by atoms with Crippen LogP contribution in [-0.2, 0) is 6.54 Å². The predicted octanol–water partition coefficient (Wildman–Crippen LogP) is 8.36. The number of phenolic OH excluding ortho intramolecular Hbond substituents is 1. The van der Waals surface area contributed by atoms with Gasteiger partial charge in [-0.3, -0.25) is 4.90 Å². The molecule has 2 aliphatic heterocycles. The van der Waals surface area contributed by atoms with Crippen molar-refractivity contribution in [1.29, 1.82) is 0 Å². The van der Waals surface area contributed by atoms with Gasteiger partial charge in [0.2, 0.25) is 0 Å². The van der Waals surface area contributed by atoms with Crippen LogP contribution in [0.1, 0.15) is 35.1 Å².